The van der Waals surface area contributed by atoms with E-state index in [-0.39, 0.29) is 11.9 Å². The summed E-state index contributed by atoms with van der Waals surface area (Å²) in [6, 6.07) is 0.119. The smallest absolute Gasteiger partial charge is 0.220 e. The minimum Gasteiger partial charge on any atom is -0.355 e. The highest BCUT2D eigenvalue weighted by atomic mass is 16.1. The zero-order chi connectivity index (χ0) is 13.6. The second-order valence-corrected chi connectivity index (χ2v) is 5.22. The monoisotopic (exact) mass is 256 g/mol. The first-order valence-electron chi connectivity index (χ1n) is 7.73. The summed E-state index contributed by atoms with van der Waals surface area (Å²) in [6.07, 6.45) is 11.5. The minimum absolute atomic E-state index is 0.119. The third-order valence-electron chi connectivity index (χ3n) is 3.23. The van der Waals surface area contributed by atoms with Crippen LogP contribution in [-0.4, -0.2) is 18.5 Å². The molecule has 108 valence electrons. The lowest BCUT2D eigenvalue weighted by atomic mass is 10.1. The Morgan fingerprint density at radius 1 is 1.00 bits per heavy atom. The van der Waals surface area contributed by atoms with E-state index in [1.807, 2.05) is 0 Å². The van der Waals surface area contributed by atoms with E-state index < -0.39 is 0 Å². The highest BCUT2D eigenvalue weighted by molar-refractivity contribution is 5.75. The fraction of sp³-hybridized carbons (Fsp3) is 0.933. The van der Waals surface area contributed by atoms with Gasteiger partial charge in [0.2, 0.25) is 5.91 Å². The largest absolute Gasteiger partial charge is 0.355 e. The van der Waals surface area contributed by atoms with E-state index in [9.17, 15) is 4.79 Å². The first-order valence-corrected chi connectivity index (χ1v) is 7.73. The molecule has 0 saturated carbocycles. The molecule has 0 aliphatic carbocycles. The van der Waals surface area contributed by atoms with E-state index in [2.05, 4.69) is 19.2 Å². The molecule has 0 rings (SSSR count). The van der Waals surface area contributed by atoms with E-state index >= 15 is 0 Å². The maximum absolute atomic E-state index is 11.5. The quantitative estimate of drug-likeness (QED) is 0.526. The Hall–Kier alpha value is -0.570. The summed E-state index contributed by atoms with van der Waals surface area (Å²) in [4.78, 5) is 11.5. The molecule has 3 N–H and O–H groups in total. The first kappa shape index (κ1) is 17.4. The van der Waals surface area contributed by atoms with Crippen molar-refractivity contribution >= 4 is 5.91 Å². The molecule has 0 aliphatic heterocycles. The highest BCUT2D eigenvalue weighted by Gasteiger charge is 2.04. The third-order valence-corrected chi connectivity index (χ3v) is 3.23. The summed E-state index contributed by atoms with van der Waals surface area (Å²) in [5.74, 6) is 0.162. The number of nitrogens with two attached hydrogens (primary N) is 1. The predicted octanol–water partition coefficient (Wildman–Crippen LogP) is 3.37. The number of hydrogen-bond donors (Lipinski definition) is 2. The van der Waals surface area contributed by atoms with Crippen molar-refractivity contribution in [3.8, 4) is 0 Å². The Kier molecular flexibility index (Phi) is 12.5. The molecule has 0 saturated heterocycles. The Bertz CT molecular complexity index is 195. The fourth-order valence-corrected chi connectivity index (χ4v) is 2.05. The molecule has 1 unspecified atom stereocenters. The van der Waals surface area contributed by atoms with Crippen LogP contribution in [0, 0.1) is 0 Å². The van der Waals surface area contributed by atoms with Crippen molar-refractivity contribution in [2.24, 2.45) is 5.73 Å². The van der Waals surface area contributed by atoms with Gasteiger partial charge >= 0.3 is 0 Å². The topological polar surface area (TPSA) is 55.1 Å². The Balaban J connectivity index is 3.26. The molecule has 0 aromatic carbocycles. The summed E-state index contributed by atoms with van der Waals surface area (Å²) < 4.78 is 0. The van der Waals surface area contributed by atoms with Crippen LogP contribution < -0.4 is 11.1 Å². The number of hydrogen-bond acceptors (Lipinski definition) is 2. The Morgan fingerprint density at radius 3 is 2.22 bits per heavy atom. The molecule has 0 aromatic heterocycles. The molecule has 0 radical (unpaired) electrons. The minimum atomic E-state index is 0.119. The molecule has 3 nitrogen and oxygen atoms in total. The van der Waals surface area contributed by atoms with Gasteiger partial charge in [0.1, 0.15) is 0 Å². The average molecular weight is 256 g/mol. The van der Waals surface area contributed by atoms with Gasteiger partial charge in [-0.05, 0) is 12.8 Å². The van der Waals surface area contributed by atoms with Gasteiger partial charge in [0.05, 0.1) is 0 Å². The SMILES string of the molecule is CCCCCCCCCC(=O)NCC(N)CCC. The molecule has 0 heterocycles. The standard InChI is InChI=1S/C15H32N2O/c1-3-5-6-7-8-9-10-12-15(18)17-13-14(16)11-4-2/h14H,3-13,16H2,1-2H3,(H,17,18). The summed E-state index contributed by atoms with van der Waals surface area (Å²) in [7, 11) is 0. The van der Waals surface area contributed by atoms with Gasteiger partial charge < -0.3 is 11.1 Å². The van der Waals surface area contributed by atoms with Gasteiger partial charge in [-0.3, -0.25) is 4.79 Å². The van der Waals surface area contributed by atoms with E-state index in [0.29, 0.717) is 13.0 Å². The number of carbonyl (C=O) groups excluding carboxylic acids is 1. The molecule has 0 aromatic rings. The van der Waals surface area contributed by atoms with Gasteiger partial charge in [0, 0.05) is 19.0 Å². The van der Waals surface area contributed by atoms with E-state index in [0.717, 1.165) is 19.3 Å². The van der Waals surface area contributed by atoms with E-state index in [1.54, 1.807) is 0 Å². The van der Waals surface area contributed by atoms with Crippen LogP contribution in [0.1, 0.15) is 78.1 Å². The lowest BCUT2D eigenvalue weighted by molar-refractivity contribution is -0.121. The van der Waals surface area contributed by atoms with E-state index in [4.69, 9.17) is 5.73 Å². The number of amides is 1. The maximum Gasteiger partial charge on any atom is 0.220 e. The number of unbranched alkanes of at least 4 members (excludes halogenated alkanes) is 6. The van der Waals surface area contributed by atoms with Gasteiger partial charge in [-0.15, -0.1) is 0 Å². The van der Waals surface area contributed by atoms with Crippen molar-refractivity contribution in [1.82, 2.24) is 5.32 Å². The summed E-state index contributed by atoms with van der Waals surface area (Å²) >= 11 is 0. The molecule has 0 spiro atoms. The zero-order valence-corrected chi connectivity index (χ0v) is 12.3. The van der Waals surface area contributed by atoms with Crippen molar-refractivity contribution in [3.05, 3.63) is 0 Å². The summed E-state index contributed by atoms with van der Waals surface area (Å²) in [5, 5.41) is 2.91. The second-order valence-electron chi connectivity index (χ2n) is 5.22. The van der Waals surface area contributed by atoms with Crippen molar-refractivity contribution in [1.29, 1.82) is 0 Å². The van der Waals surface area contributed by atoms with Crippen molar-refractivity contribution < 1.29 is 4.79 Å². The van der Waals surface area contributed by atoms with Crippen LogP contribution in [0.25, 0.3) is 0 Å². The lowest BCUT2D eigenvalue weighted by Crippen LogP contribution is -2.36. The molecule has 1 atom stereocenters. The number of carbonyl (C=O) groups is 1. The van der Waals surface area contributed by atoms with Crippen molar-refractivity contribution in [2.45, 2.75) is 84.1 Å². The lowest BCUT2D eigenvalue weighted by Gasteiger charge is -2.11. The molecular weight excluding hydrogens is 224 g/mol. The first-order chi connectivity index (χ1) is 8.70. The van der Waals surface area contributed by atoms with Crippen LogP contribution >= 0.6 is 0 Å². The van der Waals surface area contributed by atoms with Crippen molar-refractivity contribution in [3.63, 3.8) is 0 Å². The second kappa shape index (κ2) is 12.9. The van der Waals surface area contributed by atoms with Gasteiger partial charge in [-0.25, -0.2) is 0 Å². The van der Waals surface area contributed by atoms with Crippen LogP contribution in [0.2, 0.25) is 0 Å². The third kappa shape index (κ3) is 11.9. The van der Waals surface area contributed by atoms with E-state index in [1.165, 1.54) is 38.5 Å². The number of nitrogens with one attached hydrogen (secondary N) is 1. The maximum atomic E-state index is 11.5. The molecule has 3 heteroatoms. The highest BCUT2D eigenvalue weighted by Crippen LogP contribution is 2.08. The van der Waals surface area contributed by atoms with Crippen LogP contribution in [0.3, 0.4) is 0 Å². The number of rotatable bonds is 12. The van der Waals surface area contributed by atoms with Crippen LogP contribution in [0.4, 0.5) is 0 Å². The van der Waals surface area contributed by atoms with Crippen LogP contribution in [-0.2, 0) is 4.79 Å². The molecule has 1 amide bonds. The Morgan fingerprint density at radius 2 is 1.61 bits per heavy atom. The van der Waals surface area contributed by atoms with Crippen molar-refractivity contribution in [2.75, 3.05) is 6.54 Å². The zero-order valence-electron chi connectivity index (χ0n) is 12.3. The van der Waals surface area contributed by atoms with Gasteiger partial charge in [0.15, 0.2) is 0 Å². The van der Waals surface area contributed by atoms with Gasteiger partial charge in [-0.1, -0.05) is 58.8 Å². The molecule has 0 bridgehead atoms. The van der Waals surface area contributed by atoms with Crippen LogP contribution in [0.5, 0.6) is 0 Å². The molecule has 0 aliphatic rings. The predicted molar refractivity (Wildman–Crippen MR) is 78.5 cm³/mol. The van der Waals surface area contributed by atoms with Gasteiger partial charge in [0.25, 0.3) is 0 Å². The molecule has 18 heavy (non-hydrogen) atoms. The van der Waals surface area contributed by atoms with Crippen LogP contribution in [0.15, 0.2) is 0 Å². The van der Waals surface area contributed by atoms with Gasteiger partial charge in [-0.2, -0.15) is 0 Å². The average Bonchev–Trinajstić information content (AvgIpc) is 2.35. The fourth-order valence-electron chi connectivity index (χ4n) is 2.05. The summed E-state index contributed by atoms with van der Waals surface area (Å²) in [5.41, 5.74) is 5.84. The normalized spacial score (nSPS) is 12.4. The Labute approximate surface area is 113 Å². The molecular formula is C15H32N2O. The molecule has 0 fully saturated rings. The summed E-state index contributed by atoms with van der Waals surface area (Å²) in [6.45, 7) is 4.97.